The number of nitrogens with one attached hydrogen (secondary N) is 1. The number of aliphatic hydroxyl groups is 1. The molecule has 0 aliphatic carbocycles. The van der Waals surface area contributed by atoms with Gasteiger partial charge in [-0.25, -0.2) is 15.0 Å². The fraction of sp³-hybridized carbons (Fsp3) is 0.211. The normalized spacial score (nSPS) is 10.9. The van der Waals surface area contributed by atoms with Crippen LogP contribution in [0.5, 0.6) is 17.4 Å². The van der Waals surface area contributed by atoms with Crippen LogP contribution in [0.25, 0.3) is 10.9 Å². The quantitative estimate of drug-likeness (QED) is 0.487. The van der Waals surface area contributed by atoms with Crippen LogP contribution in [0.3, 0.4) is 0 Å². The molecule has 0 aliphatic heterocycles. The molecule has 3 heterocycles. The fourth-order valence-corrected chi connectivity index (χ4v) is 2.72. The minimum atomic E-state index is -0.0542. The van der Waals surface area contributed by atoms with Gasteiger partial charge in [-0.05, 0) is 31.2 Å². The van der Waals surface area contributed by atoms with Crippen molar-refractivity contribution in [2.24, 2.45) is 7.05 Å². The lowest BCUT2D eigenvalue weighted by Gasteiger charge is -2.11. The van der Waals surface area contributed by atoms with Gasteiger partial charge in [0.15, 0.2) is 5.82 Å². The molecule has 0 fully saturated rings. The number of anilines is 2. The van der Waals surface area contributed by atoms with Crippen molar-refractivity contribution in [2.45, 2.75) is 6.92 Å². The third-order valence-electron chi connectivity index (χ3n) is 4.03. The molecule has 4 rings (SSSR count). The highest BCUT2D eigenvalue weighted by molar-refractivity contribution is 5.91. The van der Waals surface area contributed by atoms with Crippen LogP contribution < -0.4 is 14.8 Å². The molecule has 3 aromatic heterocycles. The van der Waals surface area contributed by atoms with Gasteiger partial charge in [0.25, 0.3) is 0 Å². The van der Waals surface area contributed by atoms with Gasteiger partial charge in [0.2, 0.25) is 5.88 Å². The third kappa shape index (κ3) is 4.22. The number of benzene rings is 1. The number of aliphatic hydroxyl groups excluding tert-OH is 1. The van der Waals surface area contributed by atoms with E-state index in [4.69, 9.17) is 14.6 Å². The van der Waals surface area contributed by atoms with Crippen molar-refractivity contribution in [2.75, 3.05) is 18.5 Å². The van der Waals surface area contributed by atoms with Crippen molar-refractivity contribution in [3.63, 3.8) is 0 Å². The number of nitrogens with zero attached hydrogens (tertiary/aromatic N) is 6. The van der Waals surface area contributed by atoms with E-state index in [0.29, 0.717) is 29.0 Å². The maximum absolute atomic E-state index is 8.86. The SMILES string of the molecule is Cc1cc(OCCO)cnc1Oc1ccc2ncnc(Nc3cnn(C)n3)c2c1. The summed E-state index contributed by atoms with van der Waals surface area (Å²) in [7, 11) is 1.74. The molecule has 29 heavy (non-hydrogen) atoms. The van der Waals surface area contributed by atoms with E-state index in [1.165, 1.54) is 11.1 Å². The van der Waals surface area contributed by atoms with Crippen LogP contribution in [0.4, 0.5) is 11.6 Å². The van der Waals surface area contributed by atoms with Crippen LogP contribution >= 0.6 is 0 Å². The number of pyridine rings is 1. The highest BCUT2D eigenvalue weighted by atomic mass is 16.5. The summed E-state index contributed by atoms with van der Waals surface area (Å²) in [4.78, 5) is 14.4. The van der Waals surface area contributed by atoms with Crippen LogP contribution in [0.2, 0.25) is 0 Å². The zero-order valence-electron chi connectivity index (χ0n) is 15.9. The predicted molar refractivity (Wildman–Crippen MR) is 105 cm³/mol. The molecular weight excluding hydrogens is 374 g/mol. The molecule has 0 bridgehead atoms. The predicted octanol–water partition coefficient (Wildman–Crippen LogP) is 2.37. The Morgan fingerprint density at radius 1 is 1.10 bits per heavy atom. The molecule has 0 atom stereocenters. The number of fused-ring (bicyclic) bond motifs is 1. The van der Waals surface area contributed by atoms with Gasteiger partial charge < -0.3 is 19.9 Å². The lowest BCUT2D eigenvalue weighted by molar-refractivity contribution is 0.200. The number of hydrogen-bond acceptors (Lipinski definition) is 9. The molecule has 2 N–H and O–H groups in total. The van der Waals surface area contributed by atoms with Gasteiger partial charge in [-0.15, -0.1) is 5.10 Å². The molecule has 0 amide bonds. The highest BCUT2D eigenvalue weighted by Gasteiger charge is 2.10. The first-order valence-electron chi connectivity index (χ1n) is 8.88. The number of aryl methyl sites for hydroxylation is 2. The first kappa shape index (κ1) is 18.6. The first-order valence-corrected chi connectivity index (χ1v) is 8.88. The second-order valence-corrected chi connectivity index (χ2v) is 6.21. The molecule has 0 saturated carbocycles. The molecule has 148 valence electrons. The Labute approximate surface area is 166 Å². The van der Waals surface area contributed by atoms with Gasteiger partial charge in [0, 0.05) is 18.0 Å². The monoisotopic (exact) mass is 393 g/mol. The van der Waals surface area contributed by atoms with Crippen molar-refractivity contribution >= 4 is 22.5 Å². The summed E-state index contributed by atoms with van der Waals surface area (Å²) in [5, 5.41) is 21.0. The number of rotatable bonds is 7. The van der Waals surface area contributed by atoms with Gasteiger partial charge >= 0.3 is 0 Å². The second-order valence-electron chi connectivity index (χ2n) is 6.21. The van der Waals surface area contributed by atoms with Gasteiger partial charge in [0.05, 0.1) is 24.5 Å². The molecule has 10 heteroatoms. The van der Waals surface area contributed by atoms with Gasteiger partial charge in [-0.3, -0.25) is 0 Å². The maximum Gasteiger partial charge on any atom is 0.222 e. The van der Waals surface area contributed by atoms with Crippen molar-refractivity contribution in [1.82, 2.24) is 29.9 Å². The molecule has 0 aliphatic rings. The van der Waals surface area contributed by atoms with Crippen molar-refractivity contribution in [3.8, 4) is 17.4 Å². The Hall–Kier alpha value is -3.79. The Morgan fingerprint density at radius 2 is 2.00 bits per heavy atom. The van der Waals surface area contributed by atoms with Crippen LogP contribution in [-0.4, -0.2) is 48.3 Å². The standard InChI is InChI=1S/C19H19N7O3/c1-12-7-14(28-6-5-27)9-20-19(12)29-13-3-4-16-15(8-13)18(22-11-21-16)24-17-10-23-26(2)25-17/h3-4,7-11,27H,5-6H2,1-2H3,(H,21,22,24,25). The minimum absolute atomic E-state index is 0.0542. The van der Waals surface area contributed by atoms with E-state index in [-0.39, 0.29) is 13.2 Å². The summed E-state index contributed by atoms with van der Waals surface area (Å²) in [5.74, 6) is 2.80. The topological polar surface area (TPSA) is 120 Å². The van der Waals surface area contributed by atoms with E-state index in [0.717, 1.165) is 16.5 Å². The molecule has 0 saturated heterocycles. The molecule has 10 nitrogen and oxygen atoms in total. The number of aromatic nitrogens is 6. The number of ether oxygens (including phenoxy) is 2. The van der Waals surface area contributed by atoms with Crippen LogP contribution in [0.15, 0.2) is 43.0 Å². The lowest BCUT2D eigenvalue weighted by atomic mass is 10.2. The van der Waals surface area contributed by atoms with Gasteiger partial charge in [0.1, 0.15) is 30.3 Å². The zero-order valence-corrected chi connectivity index (χ0v) is 15.9. The summed E-state index contributed by atoms with van der Waals surface area (Å²) in [5.41, 5.74) is 1.57. The summed E-state index contributed by atoms with van der Waals surface area (Å²) < 4.78 is 11.3. The molecule has 1 aromatic carbocycles. The third-order valence-corrected chi connectivity index (χ3v) is 4.03. The van der Waals surface area contributed by atoms with Crippen molar-refractivity contribution in [3.05, 3.63) is 48.5 Å². The Morgan fingerprint density at radius 3 is 2.76 bits per heavy atom. The van der Waals surface area contributed by atoms with Gasteiger partial charge in [-0.2, -0.15) is 9.90 Å². The zero-order chi connectivity index (χ0) is 20.2. The average molecular weight is 393 g/mol. The van der Waals surface area contributed by atoms with E-state index >= 15 is 0 Å². The summed E-state index contributed by atoms with van der Waals surface area (Å²) >= 11 is 0. The van der Waals surface area contributed by atoms with Crippen LogP contribution in [0, 0.1) is 6.92 Å². The van der Waals surface area contributed by atoms with Crippen LogP contribution in [0.1, 0.15) is 5.56 Å². The Kier molecular flexibility index (Phi) is 5.16. The Bertz CT molecular complexity index is 1150. The first-order chi connectivity index (χ1) is 14.1. The minimum Gasteiger partial charge on any atom is -0.490 e. The maximum atomic E-state index is 8.86. The van der Waals surface area contributed by atoms with E-state index < -0.39 is 0 Å². The van der Waals surface area contributed by atoms with E-state index in [1.807, 2.05) is 31.2 Å². The van der Waals surface area contributed by atoms with Crippen molar-refractivity contribution < 1.29 is 14.6 Å². The van der Waals surface area contributed by atoms with E-state index in [9.17, 15) is 0 Å². The smallest absolute Gasteiger partial charge is 0.222 e. The molecule has 0 spiro atoms. The summed E-state index contributed by atoms with van der Waals surface area (Å²) in [6.45, 7) is 2.04. The largest absolute Gasteiger partial charge is 0.490 e. The van der Waals surface area contributed by atoms with E-state index in [1.54, 1.807) is 19.4 Å². The van der Waals surface area contributed by atoms with Crippen molar-refractivity contribution in [1.29, 1.82) is 0 Å². The molecular formula is C19H19N7O3. The lowest BCUT2D eigenvalue weighted by Crippen LogP contribution is -2.02. The van der Waals surface area contributed by atoms with Gasteiger partial charge in [-0.1, -0.05) is 0 Å². The van der Waals surface area contributed by atoms with E-state index in [2.05, 4.69) is 30.5 Å². The molecule has 0 unspecified atom stereocenters. The second kappa shape index (κ2) is 8.07. The highest BCUT2D eigenvalue weighted by Crippen LogP contribution is 2.30. The number of hydrogen-bond donors (Lipinski definition) is 2. The summed E-state index contributed by atoms with van der Waals surface area (Å²) in [6.07, 6.45) is 4.66. The fourth-order valence-electron chi connectivity index (χ4n) is 2.72. The molecule has 0 radical (unpaired) electrons. The summed E-state index contributed by atoms with van der Waals surface area (Å²) in [6, 6.07) is 7.32. The average Bonchev–Trinajstić information content (AvgIpc) is 3.13. The molecule has 4 aromatic rings. The van der Waals surface area contributed by atoms with Crippen LogP contribution in [-0.2, 0) is 7.05 Å². The Balaban J connectivity index is 1.61.